The van der Waals surface area contributed by atoms with Crippen molar-refractivity contribution in [2.75, 3.05) is 23.3 Å². The van der Waals surface area contributed by atoms with Crippen molar-refractivity contribution in [1.82, 2.24) is 10.3 Å². The first-order valence-corrected chi connectivity index (χ1v) is 10.4. The number of benzene rings is 2. The van der Waals surface area contributed by atoms with Crippen LogP contribution in [0.1, 0.15) is 24.4 Å². The minimum Gasteiger partial charge on any atom is -0.459 e. The second-order valence-electron chi connectivity index (χ2n) is 6.81. The average Bonchev–Trinajstić information content (AvgIpc) is 3.45. The molecule has 0 radical (unpaired) electrons. The number of rotatable bonds is 6. The number of carbonyl (C=O) groups is 1. The number of nitrogens with zero attached hydrogens (tertiary/aromatic N) is 2. The number of hydrogen-bond donors (Lipinski definition) is 2. The minimum atomic E-state index is -0.416. The summed E-state index contributed by atoms with van der Waals surface area (Å²) in [4.78, 5) is 18.9. The number of fused-ring (bicyclic) bond motifs is 1. The van der Waals surface area contributed by atoms with E-state index in [0.717, 1.165) is 18.7 Å². The maximum atomic E-state index is 12.0. The third kappa shape index (κ3) is 4.59. The summed E-state index contributed by atoms with van der Waals surface area (Å²) < 4.78 is 11.0. The van der Waals surface area contributed by atoms with E-state index in [1.165, 1.54) is 12.0 Å². The smallest absolute Gasteiger partial charge is 0.293 e. The maximum Gasteiger partial charge on any atom is 0.293 e. The third-order valence-electron chi connectivity index (χ3n) is 4.86. The van der Waals surface area contributed by atoms with Crippen LogP contribution in [0.5, 0.6) is 0 Å². The van der Waals surface area contributed by atoms with Gasteiger partial charge >= 0.3 is 0 Å². The zero-order chi connectivity index (χ0) is 21.8. The van der Waals surface area contributed by atoms with Gasteiger partial charge in [0.25, 0.3) is 5.91 Å². The number of hydrogen-bond acceptors (Lipinski definition) is 6. The predicted octanol–water partition coefficient (Wildman–Crippen LogP) is 5.06. The Morgan fingerprint density at radius 1 is 1.10 bits per heavy atom. The Labute approximate surface area is 185 Å². The Morgan fingerprint density at radius 3 is 2.55 bits per heavy atom. The molecule has 7 nitrogen and oxygen atoms in total. The lowest BCUT2D eigenvalue weighted by Crippen LogP contribution is -2.33. The summed E-state index contributed by atoms with van der Waals surface area (Å²) in [6, 6.07) is 16.8. The second kappa shape index (κ2) is 9.01. The molecule has 0 atom stereocenters. The van der Waals surface area contributed by atoms with Crippen LogP contribution < -0.4 is 15.5 Å². The van der Waals surface area contributed by atoms with Crippen LogP contribution in [0.15, 0.2) is 69.7 Å². The van der Waals surface area contributed by atoms with E-state index in [4.69, 9.17) is 21.1 Å². The van der Waals surface area contributed by atoms with Gasteiger partial charge < -0.3 is 19.1 Å². The van der Waals surface area contributed by atoms with Crippen molar-refractivity contribution in [3.63, 3.8) is 0 Å². The van der Waals surface area contributed by atoms with Crippen LogP contribution in [0.4, 0.5) is 11.4 Å². The van der Waals surface area contributed by atoms with Crippen LogP contribution in [-0.4, -0.2) is 29.1 Å². The maximum absolute atomic E-state index is 12.0. The van der Waals surface area contributed by atoms with Gasteiger partial charge in [-0.25, -0.2) is 4.98 Å². The molecule has 0 fully saturated rings. The Hall–Kier alpha value is -3.65. The number of oxazole rings is 1. The number of aromatic nitrogens is 1. The molecule has 8 heteroatoms. The molecular formula is C23H22N4O3S. The largest absolute Gasteiger partial charge is 0.459 e. The van der Waals surface area contributed by atoms with E-state index in [1.807, 2.05) is 30.3 Å². The SMILES string of the molecule is CCN(CC)c1ccc(-c2nc3cc(NC(=S)NC(=O)c4ccco4)ccc3o2)cc1. The fraction of sp³-hybridized carbons (Fsp3) is 0.174. The van der Waals surface area contributed by atoms with E-state index in [9.17, 15) is 4.79 Å². The van der Waals surface area contributed by atoms with Crippen molar-refractivity contribution in [3.8, 4) is 11.5 Å². The zero-order valence-corrected chi connectivity index (χ0v) is 18.0. The lowest BCUT2D eigenvalue weighted by Gasteiger charge is -2.20. The van der Waals surface area contributed by atoms with Gasteiger partial charge in [-0.2, -0.15) is 0 Å². The van der Waals surface area contributed by atoms with Gasteiger partial charge in [0.1, 0.15) is 5.52 Å². The molecule has 0 bridgehead atoms. The minimum absolute atomic E-state index is 0.163. The van der Waals surface area contributed by atoms with Crippen molar-refractivity contribution >= 4 is 45.7 Å². The van der Waals surface area contributed by atoms with E-state index in [-0.39, 0.29) is 10.9 Å². The van der Waals surface area contributed by atoms with Crippen LogP contribution >= 0.6 is 12.2 Å². The Balaban J connectivity index is 1.48. The topological polar surface area (TPSA) is 83.5 Å². The van der Waals surface area contributed by atoms with Gasteiger partial charge in [-0.15, -0.1) is 0 Å². The monoisotopic (exact) mass is 434 g/mol. The molecule has 2 heterocycles. The normalized spacial score (nSPS) is 10.8. The second-order valence-corrected chi connectivity index (χ2v) is 7.21. The number of carbonyl (C=O) groups excluding carboxylic acids is 1. The molecule has 0 aliphatic heterocycles. The van der Waals surface area contributed by atoms with Gasteiger partial charge in [0.05, 0.1) is 6.26 Å². The molecule has 31 heavy (non-hydrogen) atoms. The van der Waals surface area contributed by atoms with Gasteiger partial charge in [-0.1, -0.05) is 0 Å². The molecule has 4 aromatic rings. The van der Waals surface area contributed by atoms with Gasteiger partial charge in [-0.05, 0) is 80.7 Å². The number of anilines is 2. The van der Waals surface area contributed by atoms with E-state index in [1.54, 1.807) is 12.1 Å². The summed E-state index contributed by atoms with van der Waals surface area (Å²) >= 11 is 5.21. The third-order valence-corrected chi connectivity index (χ3v) is 5.06. The van der Waals surface area contributed by atoms with Crippen LogP contribution in [0, 0.1) is 0 Å². The predicted molar refractivity (Wildman–Crippen MR) is 125 cm³/mol. The molecule has 0 unspecified atom stereocenters. The molecule has 2 aromatic heterocycles. The standard InChI is InChI=1S/C23H22N4O3S/c1-3-27(4-2)17-10-7-15(8-11-17)22-25-18-14-16(9-12-19(18)30-22)24-23(31)26-21(28)20-6-5-13-29-20/h5-14H,3-4H2,1-2H3,(H2,24,26,28,31). The summed E-state index contributed by atoms with van der Waals surface area (Å²) in [6.45, 7) is 6.19. The zero-order valence-electron chi connectivity index (χ0n) is 17.2. The van der Waals surface area contributed by atoms with Crippen LogP contribution in [0.3, 0.4) is 0 Å². The molecular weight excluding hydrogens is 412 g/mol. The highest BCUT2D eigenvalue weighted by atomic mass is 32.1. The summed E-state index contributed by atoms with van der Waals surface area (Å²) in [5.74, 6) is 0.320. The first-order valence-electron chi connectivity index (χ1n) is 9.99. The summed E-state index contributed by atoms with van der Waals surface area (Å²) in [6.07, 6.45) is 1.43. The first kappa shape index (κ1) is 20.6. The fourth-order valence-electron chi connectivity index (χ4n) is 3.27. The summed E-state index contributed by atoms with van der Waals surface area (Å²) in [7, 11) is 0. The van der Waals surface area contributed by atoms with Crippen molar-refractivity contribution in [3.05, 3.63) is 66.6 Å². The molecule has 1 amide bonds. The molecule has 158 valence electrons. The molecule has 0 saturated carbocycles. The van der Waals surface area contributed by atoms with E-state index < -0.39 is 5.91 Å². The number of nitrogens with one attached hydrogen (secondary N) is 2. The molecule has 2 N–H and O–H groups in total. The van der Waals surface area contributed by atoms with E-state index in [0.29, 0.717) is 22.7 Å². The molecule has 2 aromatic carbocycles. The van der Waals surface area contributed by atoms with Crippen molar-refractivity contribution in [2.45, 2.75) is 13.8 Å². The van der Waals surface area contributed by atoms with Crippen molar-refractivity contribution in [2.24, 2.45) is 0 Å². The van der Waals surface area contributed by atoms with E-state index >= 15 is 0 Å². The number of furan rings is 1. The molecule has 0 saturated heterocycles. The van der Waals surface area contributed by atoms with Gasteiger partial charge in [0, 0.05) is 30.0 Å². The number of thiocarbonyl (C=S) groups is 1. The van der Waals surface area contributed by atoms with Gasteiger partial charge in [0.15, 0.2) is 16.5 Å². The highest BCUT2D eigenvalue weighted by Crippen LogP contribution is 2.27. The van der Waals surface area contributed by atoms with Crippen molar-refractivity contribution < 1.29 is 13.6 Å². The van der Waals surface area contributed by atoms with Gasteiger partial charge in [-0.3, -0.25) is 10.1 Å². The highest BCUT2D eigenvalue weighted by Gasteiger charge is 2.13. The highest BCUT2D eigenvalue weighted by molar-refractivity contribution is 7.80. The lowest BCUT2D eigenvalue weighted by molar-refractivity contribution is 0.0950. The first-order chi connectivity index (χ1) is 15.1. The Morgan fingerprint density at radius 2 is 1.87 bits per heavy atom. The van der Waals surface area contributed by atoms with Crippen LogP contribution in [-0.2, 0) is 0 Å². The molecule has 0 spiro atoms. The van der Waals surface area contributed by atoms with Crippen LogP contribution in [0.25, 0.3) is 22.6 Å². The Bertz CT molecular complexity index is 1200. The molecule has 0 aliphatic rings. The van der Waals surface area contributed by atoms with E-state index in [2.05, 4.69) is 46.5 Å². The summed E-state index contributed by atoms with van der Waals surface area (Å²) in [5, 5.41) is 5.72. The quantitative estimate of drug-likeness (QED) is 0.410. The summed E-state index contributed by atoms with van der Waals surface area (Å²) in [5.41, 5.74) is 4.12. The van der Waals surface area contributed by atoms with Crippen LogP contribution in [0.2, 0.25) is 0 Å². The fourth-order valence-corrected chi connectivity index (χ4v) is 3.48. The molecule has 4 rings (SSSR count). The Kier molecular flexibility index (Phi) is 5.99. The lowest BCUT2D eigenvalue weighted by atomic mass is 10.2. The average molecular weight is 435 g/mol. The number of amides is 1. The van der Waals surface area contributed by atoms with Crippen molar-refractivity contribution in [1.29, 1.82) is 0 Å². The van der Waals surface area contributed by atoms with Gasteiger partial charge in [0.2, 0.25) is 5.89 Å². The molecule has 0 aliphatic carbocycles.